The van der Waals surface area contributed by atoms with Crippen LogP contribution in [0.5, 0.6) is 0 Å². The van der Waals surface area contributed by atoms with Crippen LogP contribution in [-0.4, -0.2) is 32.6 Å². The number of rotatable bonds is 7. The largest absolute Gasteiger partial charge is 0.452 e. The van der Waals surface area contributed by atoms with Gasteiger partial charge in [-0.3, -0.25) is 4.79 Å². The summed E-state index contributed by atoms with van der Waals surface area (Å²) < 4.78 is 5.15. The number of hydrogen-bond acceptors (Lipinski definition) is 5. The van der Waals surface area contributed by atoms with Gasteiger partial charge in [-0.1, -0.05) is 42.1 Å². The SMILES string of the molecule is CN(C)c1ccc(C(=O)OCC(=O)Nc2ccccc2Sc2ccccc2)cc1. The molecule has 148 valence electrons. The third-order valence-electron chi connectivity index (χ3n) is 4.09. The zero-order chi connectivity index (χ0) is 20.6. The van der Waals surface area contributed by atoms with Gasteiger partial charge in [0, 0.05) is 29.6 Å². The van der Waals surface area contributed by atoms with Crippen molar-refractivity contribution in [3.63, 3.8) is 0 Å². The third-order valence-corrected chi connectivity index (χ3v) is 5.17. The quantitative estimate of drug-likeness (QED) is 0.577. The van der Waals surface area contributed by atoms with E-state index in [9.17, 15) is 9.59 Å². The van der Waals surface area contributed by atoms with Crippen LogP contribution in [0.15, 0.2) is 88.7 Å². The van der Waals surface area contributed by atoms with Crippen molar-refractivity contribution in [1.29, 1.82) is 0 Å². The van der Waals surface area contributed by atoms with Crippen LogP contribution in [0, 0.1) is 0 Å². The van der Waals surface area contributed by atoms with Crippen LogP contribution in [0.25, 0.3) is 0 Å². The number of benzene rings is 3. The van der Waals surface area contributed by atoms with Gasteiger partial charge in [0.05, 0.1) is 11.3 Å². The molecule has 0 heterocycles. The van der Waals surface area contributed by atoms with E-state index in [-0.39, 0.29) is 12.5 Å². The van der Waals surface area contributed by atoms with Gasteiger partial charge in [0.25, 0.3) is 5.91 Å². The van der Waals surface area contributed by atoms with Crippen molar-refractivity contribution < 1.29 is 14.3 Å². The molecule has 0 unspecified atom stereocenters. The van der Waals surface area contributed by atoms with Crippen LogP contribution in [0.2, 0.25) is 0 Å². The minimum Gasteiger partial charge on any atom is -0.452 e. The van der Waals surface area contributed by atoms with Crippen molar-refractivity contribution in [3.8, 4) is 0 Å². The molecule has 0 atom stereocenters. The average Bonchev–Trinajstić information content (AvgIpc) is 2.74. The second-order valence-electron chi connectivity index (χ2n) is 6.48. The van der Waals surface area contributed by atoms with Gasteiger partial charge in [-0.25, -0.2) is 4.79 Å². The maximum atomic E-state index is 12.3. The molecule has 0 spiro atoms. The lowest BCUT2D eigenvalue weighted by Crippen LogP contribution is -2.21. The predicted molar refractivity (Wildman–Crippen MR) is 117 cm³/mol. The van der Waals surface area contributed by atoms with E-state index in [0.29, 0.717) is 11.3 Å². The number of nitrogens with one attached hydrogen (secondary N) is 1. The van der Waals surface area contributed by atoms with Crippen LogP contribution < -0.4 is 10.2 Å². The highest BCUT2D eigenvalue weighted by Crippen LogP contribution is 2.33. The van der Waals surface area contributed by atoms with Gasteiger partial charge in [-0.2, -0.15) is 0 Å². The third kappa shape index (κ3) is 5.86. The maximum absolute atomic E-state index is 12.3. The highest BCUT2D eigenvalue weighted by Gasteiger charge is 2.12. The number of ether oxygens (including phenoxy) is 1. The van der Waals surface area contributed by atoms with E-state index in [1.807, 2.05) is 85.7 Å². The van der Waals surface area contributed by atoms with Crippen LogP contribution in [-0.2, 0) is 9.53 Å². The lowest BCUT2D eigenvalue weighted by molar-refractivity contribution is -0.119. The van der Waals surface area contributed by atoms with E-state index in [2.05, 4.69) is 5.32 Å². The summed E-state index contributed by atoms with van der Waals surface area (Å²) in [7, 11) is 3.84. The van der Waals surface area contributed by atoms with Crippen LogP contribution in [0.3, 0.4) is 0 Å². The number of carbonyl (C=O) groups is 2. The van der Waals surface area contributed by atoms with Gasteiger partial charge in [-0.15, -0.1) is 0 Å². The molecular formula is C23H22N2O3S. The molecule has 0 saturated heterocycles. The van der Waals surface area contributed by atoms with E-state index in [4.69, 9.17) is 4.74 Å². The van der Waals surface area contributed by atoms with Gasteiger partial charge >= 0.3 is 5.97 Å². The molecule has 0 aromatic heterocycles. The average molecular weight is 407 g/mol. The van der Waals surface area contributed by atoms with Gasteiger partial charge < -0.3 is 15.0 Å². The Bertz CT molecular complexity index is 973. The first-order valence-electron chi connectivity index (χ1n) is 9.09. The lowest BCUT2D eigenvalue weighted by Gasteiger charge is -2.13. The summed E-state index contributed by atoms with van der Waals surface area (Å²) >= 11 is 1.55. The molecule has 0 aliphatic rings. The Morgan fingerprint density at radius 2 is 1.55 bits per heavy atom. The number of anilines is 2. The van der Waals surface area contributed by atoms with Crippen molar-refractivity contribution in [3.05, 3.63) is 84.4 Å². The molecule has 0 aliphatic carbocycles. The number of carbonyl (C=O) groups excluding carboxylic acids is 2. The first kappa shape index (κ1) is 20.5. The van der Waals surface area contributed by atoms with E-state index in [0.717, 1.165) is 15.5 Å². The number of hydrogen-bond donors (Lipinski definition) is 1. The Morgan fingerprint density at radius 3 is 2.24 bits per heavy atom. The Hall–Kier alpha value is -3.25. The van der Waals surface area contributed by atoms with Crippen LogP contribution in [0.4, 0.5) is 11.4 Å². The van der Waals surface area contributed by atoms with Crippen molar-refractivity contribution in [2.75, 3.05) is 30.9 Å². The molecule has 0 radical (unpaired) electrons. The van der Waals surface area contributed by atoms with Crippen molar-refractivity contribution >= 4 is 35.0 Å². The zero-order valence-corrected chi connectivity index (χ0v) is 17.1. The Kier molecular flexibility index (Phi) is 6.92. The molecule has 5 nitrogen and oxygen atoms in total. The molecule has 0 bridgehead atoms. The molecule has 3 rings (SSSR count). The standard InChI is InChI=1S/C23H22N2O3S/c1-25(2)18-14-12-17(13-15-18)23(27)28-16-22(26)24-20-10-6-7-11-21(20)29-19-8-4-3-5-9-19/h3-15H,16H2,1-2H3,(H,24,26). The molecule has 1 amide bonds. The summed E-state index contributed by atoms with van der Waals surface area (Å²) in [5.41, 5.74) is 2.06. The zero-order valence-electron chi connectivity index (χ0n) is 16.3. The normalized spacial score (nSPS) is 10.3. The first-order valence-corrected chi connectivity index (χ1v) is 9.91. The lowest BCUT2D eigenvalue weighted by atomic mass is 10.2. The number of esters is 1. The fourth-order valence-corrected chi connectivity index (χ4v) is 3.49. The number of amides is 1. The van der Waals surface area contributed by atoms with Gasteiger partial charge in [0.2, 0.25) is 0 Å². The smallest absolute Gasteiger partial charge is 0.338 e. The molecular weight excluding hydrogens is 384 g/mol. The minimum atomic E-state index is -0.530. The van der Waals surface area contributed by atoms with Crippen molar-refractivity contribution in [1.82, 2.24) is 0 Å². The molecule has 0 fully saturated rings. The second kappa shape index (κ2) is 9.80. The van der Waals surface area contributed by atoms with Gasteiger partial charge in [-0.05, 0) is 48.5 Å². The predicted octanol–water partition coefficient (Wildman–Crippen LogP) is 4.70. The fourth-order valence-electron chi connectivity index (χ4n) is 2.57. The Morgan fingerprint density at radius 1 is 0.897 bits per heavy atom. The monoisotopic (exact) mass is 406 g/mol. The van der Waals surface area contributed by atoms with E-state index < -0.39 is 5.97 Å². The number of para-hydroxylation sites is 1. The summed E-state index contributed by atoms with van der Waals surface area (Å²) in [5.74, 6) is -0.915. The van der Waals surface area contributed by atoms with E-state index in [1.165, 1.54) is 0 Å². The summed E-state index contributed by atoms with van der Waals surface area (Å²) in [6, 6.07) is 24.4. The van der Waals surface area contributed by atoms with Gasteiger partial charge in [0.1, 0.15) is 0 Å². The molecule has 3 aromatic rings. The maximum Gasteiger partial charge on any atom is 0.338 e. The number of nitrogens with zero attached hydrogens (tertiary/aromatic N) is 1. The van der Waals surface area contributed by atoms with Gasteiger partial charge in [0.15, 0.2) is 6.61 Å². The summed E-state index contributed by atoms with van der Waals surface area (Å²) in [4.78, 5) is 28.4. The Labute approximate surface area is 174 Å². The first-order chi connectivity index (χ1) is 14.0. The molecule has 1 N–H and O–H groups in total. The molecule has 29 heavy (non-hydrogen) atoms. The second-order valence-corrected chi connectivity index (χ2v) is 7.59. The van der Waals surface area contributed by atoms with Crippen LogP contribution in [0.1, 0.15) is 10.4 Å². The van der Waals surface area contributed by atoms with Crippen molar-refractivity contribution in [2.45, 2.75) is 9.79 Å². The fraction of sp³-hybridized carbons (Fsp3) is 0.130. The minimum absolute atomic E-state index is 0.349. The Balaban J connectivity index is 1.57. The molecule has 0 saturated carbocycles. The highest BCUT2D eigenvalue weighted by molar-refractivity contribution is 7.99. The van der Waals surface area contributed by atoms with Crippen molar-refractivity contribution in [2.24, 2.45) is 0 Å². The van der Waals surface area contributed by atoms with E-state index in [1.54, 1.807) is 23.9 Å². The summed E-state index contributed by atoms with van der Waals surface area (Å²) in [5, 5.41) is 2.82. The van der Waals surface area contributed by atoms with E-state index >= 15 is 0 Å². The molecule has 6 heteroatoms. The molecule has 0 aliphatic heterocycles. The topological polar surface area (TPSA) is 58.6 Å². The highest BCUT2D eigenvalue weighted by atomic mass is 32.2. The summed E-state index contributed by atoms with van der Waals surface area (Å²) in [6.45, 7) is -0.349. The van der Waals surface area contributed by atoms with Crippen LogP contribution >= 0.6 is 11.8 Å². The molecule has 3 aromatic carbocycles. The summed E-state index contributed by atoms with van der Waals surface area (Å²) in [6.07, 6.45) is 0.